The number of aliphatic hydroxyl groups excluding tert-OH is 1. The van der Waals surface area contributed by atoms with Gasteiger partial charge in [-0.15, -0.1) is 0 Å². The van der Waals surface area contributed by atoms with Gasteiger partial charge in [-0.3, -0.25) is 9.63 Å². The van der Waals surface area contributed by atoms with Crippen LogP contribution in [-0.2, 0) is 17.6 Å². The van der Waals surface area contributed by atoms with Crippen molar-refractivity contribution in [3.63, 3.8) is 0 Å². The van der Waals surface area contributed by atoms with Crippen LogP contribution in [0.3, 0.4) is 0 Å². The van der Waals surface area contributed by atoms with Gasteiger partial charge in [-0.25, -0.2) is 0 Å². The molecule has 1 aliphatic carbocycles. The number of hydroxylamine groups is 2. The first kappa shape index (κ1) is 19.9. The smallest absolute Gasteiger partial charge is 0.367 e. The number of rotatable bonds is 4. The second kappa shape index (κ2) is 7.80. The molecule has 2 aromatic carbocycles. The maximum Gasteiger partial charge on any atom is 0.416 e. The first-order valence-corrected chi connectivity index (χ1v) is 9.80. The summed E-state index contributed by atoms with van der Waals surface area (Å²) in [5, 5.41) is 11.1. The minimum Gasteiger partial charge on any atom is -0.367 e. The number of alkyl halides is 3. The van der Waals surface area contributed by atoms with Crippen LogP contribution in [0.15, 0.2) is 42.5 Å². The predicted molar refractivity (Wildman–Crippen MR) is 99.6 cm³/mol. The molecule has 0 radical (unpaired) electrons. The van der Waals surface area contributed by atoms with Crippen molar-refractivity contribution in [2.45, 2.75) is 57.0 Å². The van der Waals surface area contributed by atoms with Crippen LogP contribution in [0.5, 0.6) is 0 Å². The van der Waals surface area contributed by atoms with E-state index in [0.717, 1.165) is 43.2 Å². The van der Waals surface area contributed by atoms with Gasteiger partial charge in [0.2, 0.25) is 0 Å². The number of halogens is 3. The first-order valence-electron chi connectivity index (χ1n) is 9.80. The zero-order valence-electron chi connectivity index (χ0n) is 15.8. The molecule has 2 aromatic rings. The number of amides is 1. The Morgan fingerprint density at radius 1 is 1.03 bits per heavy atom. The number of nitrogens with zero attached hydrogens (tertiary/aromatic N) is 1. The third-order valence-corrected chi connectivity index (χ3v) is 5.73. The molecule has 2 aliphatic rings. The van der Waals surface area contributed by atoms with Gasteiger partial charge in [0, 0.05) is 11.1 Å². The third-order valence-electron chi connectivity index (χ3n) is 5.73. The topological polar surface area (TPSA) is 49.8 Å². The maximum absolute atomic E-state index is 13.7. The van der Waals surface area contributed by atoms with E-state index >= 15 is 0 Å². The molecule has 4 nitrogen and oxygen atoms in total. The molecule has 1 fully saturated rings. The highest BCUT2D eigenvalue weighted by molar-refractivity contribution is 5.98. The van der Waals surface area contributed by atoms with Crippen molar-refractivity contribution in [1.82, 2.24) is 5.06 Å². The summed E-state index contributed by atoms with van der Waals surface area (Å²) in [6.45, 7) is -0.245. The summed E-state index contributed by atoms with van der Waals surface area (Å²) in [5.41, 5.74) is 0.741. The van der Waals surface area contributed by atoms with Crippen molar-refractivity contribution < 1.29 is 27.9 Å². The average Bonchev–Trinajstić information content (AvgIpc) is 2.97. The summed E-state index contributed by atoms with van der Waals surface area (Å²) in [5.74, 6) is -0.588. The minimum absolute atomic E-state index is 0.0770. The Kier molecular flexibility index (Phi) is 5.36. The van der Waals surface area contributed by atoms with Gasteiger partial charge in [0.1, 0.15) is 6.61 Å². The molecule has 1 amide bonds. The van der Waals surface area contributed by atoms with Crippen molar-refractivity contribution in [2.24, 2.45) is 0 Å². The van der Waals surface area contributed by atoms with Crippen LogP contribution in [-0.4, -0.2) is 16.1 Å². The number of hydrogen-bond acceptors (Lipinski definition) is 3. The fraction of sp³-hybridized carbons (Fsp3) is 0.409. The van der Waals surface area contributed by atoms with Gasteiger partial charge < -0.3 is 5.11 Å². The van der Waals surface area contributed by atoms with Gasteiger partial charge in [0.05, 0.1) is 5.56 Å². The Morgan fingerprint density at radius 3 is 2.45 bits per heavy atom. The summed E-state index contributed by atoms with van der Waals surface area (Å²) in [6.07, 6.45) is -1.23. The van der Waals surface area contributed by atoms with E-state index in [4.69, 9.17) is 4.84 Å². The Hall–Kier alpha value is -2.38. The van der Waals surface area contributed by atoms with Crippen molar-refractivity contribution in [3.8, 4) is 0 Å². The first-order chi connectivity index (χ1) is 13.9. The van der Waals surface area contributed by atoms with Crippen LogP contribution in [0.2, 0.25) is 0 Å². The average molecular weight is 405 g/mol. The molecule has 4 rings (SSSR count). The molecule has 0 aromatic heterocycles. The Labute approximate surface area is 166 Å². The minimum atomic E-state index is -4.46. The van der Waals surface area contributed by atoms with E-state index in [2.05, 4.69) is 0 Å². The molecule has 0 spiro atoms. The van der Waals surface area contributed by atoms with E-state index in [-0.39, 0.29) is 12.5 Å². The highest BCUT2D eigenvalue weighted by atomic mass is 19.4. The summed E-state index contributed by atoms with van der Waals surface area (Å²) in [7, 11) is 0. The Balaban J connectivity index is 1.53. The molecule has 1 unspecified atom stereocenters. The van der Waals surface area contributed by atoms with Gasteiger partial charge in [-0.1, -0.05) is 49.6 Å². The predicted octanol–water partition coefficient (Wildman–Crippen LogP) is 5.33. The van der Waals surface area contributed by atoms with Crippen LogP contribution in [0.4, 0.5) is 13.2 Å². The molecule has 1 aliphatic heterocycles. The summed E-state index contributed by atoms with van der Waals surface area (Å²) in [6, 6.07) is 10.8. The van der Waals surface area contributed by atoms with Gasteiger partial charge >= 0.3 is 6.18 Å². The SMILES string of the molecule is O=C1c2ccccc2C(O)N1OCc1ccc(C2CCCCC2)c(C(F)(F)F)c1. The molecule has 1 heterocycles. The van der Waals surface area contributed by atoms with E-state index in [0.29, 0.717) is 22.3 Å². The lowest BCUT2D eigenvalue weighted by atomic mass is 9.81. The lowest BCUT2D eigenvalue weighted by molar-refractivity contribution is -0.206. The second-order valence-electron chi connectivity index (χ2n) is 7.62. The van der Waals surface area contributed by atoms with Crippen LogP contribution in [0.25, 0.3) is 0 Å². The molecule has 7 heteroatoms. The summed E-state index contributed by atoms with van der Waals surface area (Å²) in [4.78, 5) is 17.8. The molecular weight excluding hydrogens is 383 g/mol. The van der Waals surface area contributed by atoms with Crippen LogP contribution < -0.4 is 0 Å². The lowest BCUT2D eigenvalue weighted by Gasteiger charge is -2.26. The van der Waals surface area contributed by atoms with Gasteiger partial charge in [0.15, 0.2) is 6.23 Å². The zero-order valence-corrected chi connectivity index (χ0v) is 15.8. The third kappa shape index (κ3) is 3.89. The molecule has 154 valence electrons. The molecule has 1 atom stereocenters. The largest absolute Gasteiger partial charge is 0.416 e. The summed E-state index contributed by atoms with van der Waals surface area (Å²) < 4.78 is 41.0. The quantitative estimate of drug-likeness (QED) is 0.748. The van der Waals surface area contributed by atoms with E-state index < -0.39 is 23.9 Å². The fourth-order valence-corrected chi connectivity index (χ4v) is 4.25. The van der Waals surface area contributed by atoms with Crippen LogP contribution >= 0.6 is 0 Å². The Bertz CT molecular complexity index is 906. The molecular formula is C22H22F3NO3. The number of carbonyl (C=O) groups excluding carboxylic acids is 1. The standard InChI is InChI=1S/C22H22F3NO3/c23-22(24,25)19-12-14(10-11-16(19)15-6-2-1-3-7-15)13-29-26-20(27)17-8-4-5-9-18(17)21(26)28/h4-5,8-12,15,20,27H,1-3,6-7,13H2. The molecule has 29 heavy (non-hydrogen) atoms. The van der Waals surface area contributed by atoms with E-state index in [9.17, 15) is 23.1 Å². The van der Waals surface area contributed by atoms with Gasteiger partial charge in [-0.2, -0.15) is 18.2 Å². The van der Waals surface area contributed by atoms with Crippen LogP contribution in [0, 0.1) is 0 Å². The van der Waals surface area contributed by atoms with Crippen molar-refractivity contribution in [1.29, 1.82) is 0 Å². The zero-order chi connectivity index (χ0) is 20.6. The van der Waals surface area contributed by atoms with Crippen molar-refractivity contribution >= 4 is 5.91 Å². The molecule has 1 N–H and O–H groups in total. The van der Waals surface area contributed by atoms with Gasteiger partial charge in [-0.05, 0) is 42.0 Å². The highest BCUT2D eigenvalue weighted by Crippen LogP contribution is 2.41. The van der Waals surface area contributed by atoms with Crippen molar-refractivity contribution in [2.75, 3.05) is 0 Å². The number of carbonyl (C=O) groups is 1. The highest BCUT2D eigenvalue weighted by Gasteiger charge is 2.38. The normalized spacial score (nSPS) is 20.2. The molecule has 0 saturated heterocycles. The number of fused-ring (bicyclic) bond motifs is 1. The number of benzene rings is 2. The number of aliphatic hydroxyl groups is 1. The monoisotopic (exact) mass is 405 g/mol. The molecule has 0 bridgehead atoms. The van der Waals surface area contributed by atoms with Gasteiger partial charge in [0.25, 0.3) is 5.91 Å². The van der Waals surface area contributed by atoms with E-state index in [1.807, 2.05) is 0 Å². The van der Waals surface area contributed by atoms with E-state index in [1.165, 1.54) is 6.07 Å². The maximum atomic E-state index is 13.7. The van der Waals surface area contributed by atoms with Crippen molar-refractivity contribution in [3.05, 3.63) is 70.3 Å². The second-order valence-corrected chi connectivity index (χ2v) is 7.62. The number of hydrogen-bond donors (Lipinski definition) is 1. The lowest BCUT2D eigenvalue weighted by Crippen LogP contribution is -2.28. The molecule has 1 saturated carbocycles. The van der Waals surface area contributed by atoms with Crippen LogP contribution in [0.1, 0.15) is 76.9 Å². The fourth-order valence-electron chi connectivity index (χ4n) is 4.25. The Morgan fingerprint density at radius 2 is 1.76 bits per heavy atom. The summed E-state index contributed by atoms with van der Waals surface area (Å²) >= 11 is 0. The van der Waals surface area contributed by atoms with E-state index in [1.54, 1.807) is 30.3 Å².